The SMILES string of the molecule is Cc1nnc(SCC(=O)Nc2c(C)cc(SC#N)cc2C)s1. The van der Waals surface area contributed by atoms with Gasteiger partial charge in [0.2, 0.25) is 5.91 Å². The zero-order chi connectivity index (χ0) is 16.1. The molecule has 0 aliphatic heterocycles. The molecule has 1 amide bonds. The van der Waals surface area contributed by atoms with Crippen LogP contribution in [0.25, 0.3) is 0 Å². The van der Waals surface area contributed by atoms with Crippen LogP contribution >= 0.6 is 34.9 Å². The summed E-state index contributed by atoms with van der Waals surface area (Å²) in [4.78, 5) is 13.0. The number of nitrogens with one attached hydrogen (secondary N) is 1. The molecule has 114 valence electrons. The fourth-order valence-corrected chi connectivity index (χ4v) is 4.06. The molecule has 0 aliphatic carbocycles. The van der Waals surface area contributed by atoms with Crippen molar-refractivity contribution in [1.82, 2.24) is 10.2 Å². The first kappa shape index (κ1) is 16.8. The van der Waals surface area contributed by atoms with E-state index in [0.29, 0.717) is 5.75 Å². The zero-order valence-corrected chi connectivity index (χ0v) is 14.8. The van der Waals surface area contributed by atoms with Crippen LogP contribution in [0.15, 0.2) is 21.4 Å². The number of benzene rings is 1. The van der Waals surface area contributed by atoms with Crippen LogP contribution in [0.1, 0.15) is 16.1 Å². The van der Waals surface area contributed by atoms with Gasteiger partial charge in [0.15, 0.2) is 4.34 Å². The Morgan fingerprint density at radius 2 is 2.00 bits per heavy atom. The second kappa shape index (κ2) is 7.63. The standard InChI is InChI=1S/C14H14N4OS3/c1-8-4-11(21-7-15)5-9(2)13(8)16-12(19)6-20-14-18-17-10(3)22-14/h4-5H,6H2,1-3H3,(H,16,19). The molecule has 1 heterocycles. The van der Waals surface area contributed by atoms with Gasteiger partial charge in [0, 0.05) is 10.6 Å². The molecule has 0 saturated heterocycles. The molecule has 0 spiro atoms. The van der Waals surface area contributed by atoms with Gasteiger partial charge in [-0.25, -0.2) is 0 Å². The summed E-state index contributed by atoms with van der Waals surface area (Å²) < 4.78 is 0.793. The molecular weight excluding hydrogens is 336 g/mol. The van der Waals surface area contributed by atoms with Gasteiger partial charge in [-0.1, -0.05) is 23.1 Å². The average molecular weight is 350 g/mol. The molecule has 5 nitrogen and oxygen atoms in total. The maximum absolute atomic E-state index is 12.1. The average Bonchev–Trinajstić information content (AvgIpc) is 2.87. The number of thioether (sulfide) groups is 2. The lowest BCUT2D eigenvalue weighted by Gasteiger charge is -2.12. The molecule has 0 saturated carbocycles. The topological polar surface area (TPSA) is 78.7 Å². The van der Waals surface area contributed by atoms with Gasteiger partial charge in [0.25, 0.3) is 0 Å². The monoisotopic (exact) mass is 350 g/mol. The van der Waals surface area contributed by atoms with Gasteiger partial charge in [-0.2, -0.15) is 5.26 Å². The summed E-state index contributed by atoms with van der Waals surface area (Å²) in [6.07, 6.45) is 0. The van der Waals surface area contributed by atoms with E-state index < -0.39 is 0 Å². The lowest BCUT2D eigenvalue weighted by Crippen LogP contribution is -2.15. The van der Waals surface area contributed by atoms with Gasteiger partial charge in [-0.3, -0.25) is 4.79 Å². The summed E-state index contributed by atoms with van der Waals surface area (Å²) in [6.45, 7) is 5.73. The number of aromatic nitrogens is 2. The summed E-state index contributed by atoms with van der Waals surface area (Å²) in [5.41, 5.74) is 2.70. The molecule has 0 aliphatic rings. The van der Waals surface area contributed by atoms with Crippen LogP contribution in [-0.2, 0) is 4.79 Å². The number of anilines is 1. The van der Waals surface area contributed by atoms with Crippen LogP contribution in [0.2, 0.25) is 0 Å². The van der Waals surface area contributed by atoms with E-state index in [9.17, 15) is 4.79 Å². The normalized spacial score (nSPS) is 10.3. The van der Waals surface area contributed by atoms with E-state index in [-0.39, 0.29) is 5.91 Å². The molecule has 1 N–H and O–H groups in total. The molecular formula is C14H14N4OS3. The Hall–Kier alpha value is -1.56. The lowest BCUT2D eigenvalue weighted by atomic mass is 10.1. The van der Waals surface area contributed by atoms with Gasteiger partial charge in [0.05, 0.1) is 5.75 Å². The van der Waals surface area contributed by atoms with Crippen LogP contribution in [0.3, 0.4) is 0 Å². The number of hydrogen-bond donors (Lipinski definition) is 1. The van der Waals surface area contributed by atoms with E-state index in [2.05, 4.69) is 20.9 Å². The third-order valence-electron chi connectivity index (χ3n) is 2.77. The third-order valence-corrected chi connectivity index (χ3v) is 5.30. The lowest BCUT2D eigenvalue weighted by molar-refractivity contribution is -0.113. The van der Waals surface area contributed by atoms with Gasteiger partial charge in [0.1, 0.15) is 10.4 Å². The Morgan fingerprint density at radius 1 is 1.32 bits per heavy atom. The third kappa shape index (κ3) is 4.47. The Bertz CT molecular complexity index is 713. The number of thiocyanates is 1. The molecule has 1 aromatic heterocycles. The summed E-state index contributed by atoms with van der Waals surface area (Å²) >= 11 is 3.97. The molecule has 22 heavy (non-hydrogen) atoms. The molecule has 0 fully saturated rings. The fraction of sp³-hybridized carbons (Fsp3) is 0.286. The van der Waals surface area contributed by atoms with E-state index in [1.54, 1.807) is 0 Å². The van der Waals surface area contributed by atoms with Crippen LogP contribution in [-0.4, -0.2) is 21.9 Å². The van der Waals surface area contributed by atoms with E-state index in [1.165, 1.54) is 23.1 Å². The number of nitrogens with zero attached hydrogens (tertiary/aromatic N) is 3. The quantitative estimate of drug-likeness (QED) is 0.653. The summed E-state index contributed by atoms with van der Waals surface area (Å²) in [5, 5.41) is 22.5. The molecule has 0 unspecified atom stereocenters. The smallest absolute Gasteiger partial charge is 0.234 e. The van der Waals surface area contributed by atoms with Gasteiger partial charge >= 0.3 is 0 Å². The van der Waals surface area contributed by atoms with Crippen molar-refractivity contribution in [2.24, 2.45) is 0 Å². The van der Waals surface area contributed by atoms with E-state index >= 15 is 0 Å². The highest BCUT2D eigenvalue weighted by Gasteiger charge is 2.11. The van der Waals surface area contributed by atoms with E-state index in [0.717, 1.165) is 42.8 Å². The number of carbonyl (C=O) groups excluding carboxylic acids is 1. The number of amides is 1. The number of hydrogen-bond acceptors (Lipinski definition) is 7. The van der Waals surface area contributed by atoms with E-state index in [4.69, 9.17) is 5.26 Å². The van der Waals surface area contributed by atoms with Crippen molar-refractivity contribution in [1.29, 1.82) is 5.26 Å². The van der Waals surface area contributed by atoms with Crippen molar-refractivity contribution < 1.29 is 4.79 Å². The predicted octanol–water partition coefficient (Wildman–Crippen LogP) is 3.77. The molecule has 0 bridgehead atoms. The Morgan fingerprint density at radius 3 is 2.55 bits per heavy atom. The summed E-state index contributed by atoms with van der Waals surface area (Å²) in [5.74, 6) is 0.215. The van der Waals surface area contributed by atoms with Gasteiger partial charge in [-0.15, -0.1) is 10.2 Å². The van der Waals surface area contributed by atoms with Crippen LogP contribution in [0.4, 0.5) is 5.69 Å². The maximum Gasteiger partial charge on any atom is 0.234 e. The van der Waals surface area contributed by atoms with Crippen molar-refractivity contribution in [2.45, 2.75) is 30.0 Å². The number of aryl methyl sites for hydroxylation is 3. The second-order valence-electron chi connectivity index (χ2n) is 4.55. The number of rotatable bonds is 5. The first-order chi connectivity index (χ1) is 10.5. The fourth-order valence-electron chi connectivity index (χ4n) is 1.87. The first-order valence-electron chi connectivity index (χ1n) is 6.39. The zero-order valence-electron chi connectivity index (χ0n) is 12.3. The van der Waals surface area contributed by atoms with Crippen molar-refractivity contribution in [2.75, 3.05) is 11.1 Å². The molecule has 2 aromatic rings. The second-order valence-corrected chi connectivity index (χ2v) is 7.81. The van der Waals surface area contributed by atoms with Crippen molar-refractivity contribution >= 4 is 46.5 Å². The van der Waals surface area contributed by atoms with Crippen LogP contribution in [0.5, 0.6) is 0 Å². The molecule has 1 aromatic carbocycles. The van der Waals surface area contributed by atoms with Crippen LogP contribution in [0, 0.1) is 31.4 Å². The Kier molecular flexibility index (Phi) is 5.83. The van der Waals surface area contributed by atoms with Gasteiger partial charge < -0.3 is 5.32 Å². The van der Waals surface area contributed by atoms with Gasteiger partial charge in [-0.05, 0) is 55.8 Å². The predicted molar refractivity (Wildman–Crippen MR) is 91.4 cm³/mol. The number of nitriles is 1. The minimum atomic E-state index is -0.0789. The molecule has 0 atom stereocenters. The number of carbonyl (C=O) groups is 1. The highest BCUT2D eigenvalue weighted by atomic mass is 32.2. The Balaban J connectivity index is 2.00. The summed E-state index contributed by atoms with van der Waals surface area (Å²) in [6, 6.07) is 3.80. The van der Waals surface area contributed by atoms with Crippen molar-refractivity contribution in [3.8, 4) is 5.40 Å². The Labute approximate surface area is 141 Å². The maximum atomic E-state index is 12.1. The van der Waals surface area contributed by atoms with Crippen molar-refractivity contribution in [3.05, 3.63) is 28.3 Å². The first-order valence-corrected chi connectivity index (χ1v) is 9.01. The van der Waals surface area contributed by atoms with Crippen molar-refractivity contribution in [3.63, 3.8) is 0 Å². The molecule has 2 rings (SSSR count). The highest BCUT2D eigenvalue weighted by molar-refractivity contribution is 8.03. The van der Waals surface area contributed by atoms with E-state index in [1.807, 2.05) is 32.9 Å². The minimum absolute atomic E-state index is 0.0789. The van der Waals surface area contributed by atoms with Crippen LogP contribution < -0.4 is 5.32 Å². The largest absolute Gasteiger partial charge is 0.325 e. The minimum Gasteiger partial charge on any atom is -0.325 e. The molecule has 8 heteroatoms. The highest BCUT2D eigenvalue weighted by Crippen LogP contribution is 2.28. The molecule has 0 radical (unpaired) electrons. The summed E-state index contributed by atoms with van der Waals surface area (Å²) in [7, 11) is 0.